The Kier molecular flexibility index (Phi) is 5.39. The topological polar surface area (TPSA) is 37.3 Å². The Labute approximate surface area is 63.8 Å². The molecule has 0 rings (SSSR count). The maximum absolute atomic E-state index is 12.1. The summed E-state index contributed by atoms with van der Waals surface area (Å²) in [4.78, 5) is 9.93. The summed E-state index contributed by atoms with van der Waals surface area (Å²) in [6.07, 6.45) is -0.376. The molecule has 0 amide bonds. The third kappa shape index (κ3) is 7.75. The van der Waals surface area contributed by atoms with Gasteiger partial charge in [-0.15, -0.1) is 0 Å². The van der Waals surface area contributed by atoms with E-state index in [1.807, 2.05) is 0 Å². The van der Waals surface area contributed by atoms with Crippen LogP contribution in [0.2, 0.25) is 0 Å². The fraction of sp³-hybridized carbons (Fsp3) is 0.833. The van der Waals surface area contributed by atoms with E-state index in [1.165, 1.54) is 18.7 Å². The molecule has 1 unspecified atom stereocenters. The largest absolute Gasteiger partial charge is 0.481 e. The fourth-order valence-electron chi connectivity index (χ4n) is 0.405. The Morgan fingerprint density at radius 1 is 1.80 bits per heavy atom. The van der Waals surface area contributed by atoms with Crippen molar-refractivity contribution in [1.82, 2.24) is 0 Å². The predicted octanol–water partition coefficient (Wildman–Crippen LogP) is 1.55. The van der Waals surface area contributed by atoms with Gasteiger partial charge in [0.05, 0.1) is 11.9 Å². The Morgan fingerprint density at radius 3 is 2.80 bits per heavy atom. The molecule has 0 aliphatic carbocycles. The van der Waals surface area contributed by atoms with Crippen molar-refractivity contribution < 1.29 is 14.3 Å². The van der Waals surface area contributed by atoms with Crippen LogP contribution in [-0.4, -0.2) is 28.8 Å². The SMILES string of the molecule is CC(F)CCSCC(=O)O. The Balaban J connectivity index is 2.98. The number of rotatable bonds is 5. The van der Waals surface area contributed by atoms with Crippen LogP contribution < -0.4 is 0 Å². The molecule has 0 spiro atoms. The summed E-state index contributed by atoms with van der Waals surface area (Å²) >= 11 is 1.25. The van der Waals surface area contributed by atoms with Crippen molar-refractivity contribution in [1.29, 1.82) is 0 Å². The molecule has 0 fully saturated rings. The second-order valence-corrected chi connectivity index (χ2v) is 3.12. The Hall–Kier alpha value is -0.250. The van der Waals surface area contributed by atoms with Gasteiger partial charge in [-0.25, -0.2) is 4.39 Å². The molecule has 0 radical (unpaired) electrons. The zero-order chi connectivity index (χ0) is 7.98. The Morgan fingerprint density at radius 2 is 2.40 bits per heavy atom. The van der Waals surface area contributed by atoms with Gasteiger partial charge in [0.15, 0.2) is 0 Å². The summed E-state index contributed by atoms with van der Waals surface area (Å²) in [7, 11) is 0. The molecule has 0 aliphatic heterocycles. The van der Waals surface area contributed by atoms with Crippen LogP contribution >= 0.6 is 11.8 Å². The minimum absolute atomic E-state index is 0.0761. The number of alkyl halides is 1. The molecule has 2 nitrogen and oxygen atoms in total. The highest BCUT2D eigenvalue weighted by atomic mass is 32.2. The van der Waals surface area contributed by atoms with E-state index in [4.69, 9.17) is 5.11 Å². The van der Waals surface area contributed by atoms with Gasteiger partial charge in [0, 0.05) is 0 Å². The van der Waals surface area contributed by atoms with E-state index < -0.39 is 12.1 Å². The van der Waals surface area contributed by atoms with Crippen LogP contribution in [0.4, 0.5) is 4.39 Å². The molecule has 10 heavy (non-hydrogen) atoms. The first kappa shape index (κ1) is 9.75. The zero-order valence-corrected chi connectivity index (χ0v) is 6.66. The second kappa shape index (κ2) is 5.53. The first-order valence-electron chi connectivity index (χ1n) is 3.06. The van der Waals surface area contributed by atoms with Crippen LogP contribution in [0, 0.1) is 0 Å². The number of carboxylic acid groups (broad SMARTS) is 1. The van der Waals surface area contributed by atoms with Crippen molar-refractivity contribution in [2.24, 2.45) is 0 Å². The van der Waals surface area contributed by atoms with Gasteiger partial charge in [0.25, 0.3) is 0 Å². The van der Waals surface area contributed by atoms with E-state index in [9.17, 15) is 9.18 Å². The highest BCUT2D eigenvalue weighted by Gasteiger charge is 1.99. The van der Waals surface area contributed by atoms with Crippen LogP contribution in [-0.2, 0) is 4.79 Å². The van der Waals surface area contributed by atoms with Crippen molar-refractivity contribution in [3.8, 4) is 0 Å². The monoisotopic (exact) mass is 166 g/mol. The van der Waals surface area contributed by atoms with E-state index in [0.717, 1.165) is 0 Å². The van der Waals surface area contributed by atoms with Gasteiger partial charge in [0.2, 0.25) is 0 Å². The molecule has 0 aromatic carbocycles. The average molecular weight is 166 g/mol. The third-order valence-corrected chi connectivity index (χ3v) is 1.86. The molecule has 0 saturated heterocycles. The number of aliphatic carboxylic acids is 1. The number of carboxylic acids is 1. The van der Waals surface area contributed by atoms with E-state index >= 15 is 0 Å². The predicted molar refractivity (Wildman–Crippen MR) is 40.1 cm³/mol. The lowest BCUT2D eigenvalue weighted by molar-refractivity contribution is -0.133. The molecule has 0 bridgehead atoms. The highest BCUT2D eigenvalue weighted by molar-refractivity contribution is 7.99. The molecule has 1 N–H and O–H groups in total. The van der Waals surface area contributed by atoms with E-state index in [0.29, 0.717) is 12.2 Å². The summed E-state index contributed by atoms with van der Waals surface area (Å²) in [5, 5.41) is 8.16. The van der Waals surface area contributed by atoms with Crippen LogP contribution in [0.1, 0.15) is 13.3 Å². The molecular weight excluding hydrogens is 155 g/mol. The van der Waals surface area contributed by atoms with Gasteiger partial charge >= 0.3 is 5.97 Å². The molecule has 4 heteroatoms. The molecule has 0 aromatic rings. The normalized spacial score (nSPS) is 13.0. The third-order valence-electron chi connectivity index (χ3n) is 0.886. The van der Waals surface area contributed by atoms with Gasteiger partial charge in [-0.1, -0.05) is 0 Å². The molecule has 60 valence electrons. The minimum Gasteiger partial charge on any atom is -0.481 e. The summed E-state index contributed by atoms with van der Waals surface area (Å²) in [5.74, 6) is -0.173. The van der Waals surface area contributed by atoms with Gasteiger partial charge in [-0.05, 0) is 19.1 Å². The molecular formula is C6H11FO2S. The lowest BCUT2D eigenvalue weighted by atomic mass is 10.3. The standard InChI is InChI=1S/C6H11FO2S/c1-5(7)2-3-10-4-6(8)9/h5H,2-4H2,1H3,(H,8,9). The summed E-state index contributed by atoms with van der Waals surface area (Å²) in [5.41, 5.74) is 0. The molecule has 0 aliphatic rings. The number of hydrogen-bond acceptors (Lipinski definition) is 2. The molecule has 0 saturated carbocycles. The highest BCUT2D eigenvalue weighted by Crippen LogP contribution is 2.05. The maximum Gasteiger partial charge on any atom is 0.313 e. The lowest BCUT2D eigenvalue weighted by Gasteiger charge is -1.98. The lowest BCUT2D eigenvalue weighted by Crippen LogP contribution is -2.01. The fourth-order valence-corrected chi connectivity index (χ4v) is 1.22. The average Bonchev–Trinajstić information content (AvgIpc) is 1.79. The van der Waals surface area contributed by atoms with Gasteiger partial charge in [-0.2, -0.15) is 11.8 Å². The van der Waals surface area contributed by atoms with Crippen LogP contribution in [0.3, 0.4) is 0 Å². The smallest absolute Gasteiger partial charge is 0.313 e. The van der Waals surface area contributed by atoms with Crippen molar-refractivity contribution in [2.75, 3.05) is 11.5 Å². The van der Waals surface area contributed by atoms with Gasteiger partial charge in [0.1, 0.15) is 0 Å². The van der Waals surface area contributed by atoms with Crippen molar-refractivity contribution in [3.63, 3.8) is 0 Å². The summed E-state index contributed by atoms with van der Waals surface area (Å²) in [6.45, 7) is 1.47. The number of thioether (sulfide) groups is 1. The first-order valence-corrected chi connectivity index (χ1v) is 4.22. The number of halogens is 1. The Bertz CT molecular complexity index is 106. The van der Waals surface area contributed by atoms with Gasteiger partial charge < -0.3 is 5.11 Å². The summed E-state index contributed by atoms with van der Waals surface area (Å²) < 4.78 is 12.1. The first-order chi connectivity index (χ1) is 4.63. The van der Waals surface area contributed by atoms with Gasteiger partial charge in [-0.3, -0.25) is 4.79 Å². The van der Waals surface area contributed by atoms with Crippen LogP contribution in [0.25, 0.3) is 0 Å². The molecule has 0 aromatic heterocycles. The molecule has 1 atom stereocenters. The van der Waals surface area contributed by atoms with Crippen LogP contribution in [0.5, 0.6) is 0 Å². The van der Waals surface area contributed by atoms with Crippen molar-refractivity contribution in [2.45, 2.75) is 19.5 Å². The van der Waals surface area contributed by atoms with E-state index in [1.54, 1.807) is 0 Å². The van der Waals surface area contributed by atoms with E-state index in [-0.39, 0.29) is 5.75 Å². The maximum atomic E-state index is 12.1. The zero-order valence-electron chi connectivity index (χ0n) is 5.84. The quantitative estimate of drug-likeness (QED) is 0.630. The van der Waals surface area contributed by atoms with Crippen molar-refractivity contribution >= 4 is 17.7 Å². The molecule has 0 heterocycles. The second-order valence-electron chi connectivity index (χ2n) is 2.02. The number of hydrogen-bond donors (Lipinski definition) is 1. The minimum atomic E-state index is -0.837. The summed E-state index contributed by atoms with van der Waals surface area (Å²) in [6, 6.07) is 0. The van der Waals surface area contributed by atoms with Crippen molar-refractivity contribution in [3.05, 3.63) is 0 Å². The van der Waals surface area contributed by atoms with Crippen LogP contribution in [0.15, 0.2) is 0 Å². The number of carbonyl (C=O) groups is 1. The van der Waals surface area contributed by atoms with E-state index in [2.05, 4.69) is 0 Å².